The highest BCUT2D eigenvalue weighted by Gasteiger charge is 2.22. The second kappa shape index (κ2) is 8.32. The van der Waals surface area contributed by atoms with E-state index < -0.39 is 0 Å². The van der Waals surface area contributed by atoms with Gasteiger partial charge in [0.25, 0.3) is 0 Å². The Balaban J connectivity index is 0.00000162. The van der Waals surface area contributed by atoms with Crippen molar-refractivity contribution in [2.24, 2.45) is 0 Å². The summed E-state index contributed by atoms with van der Waals surface area (Å²) in [5.74, 6) is 0. The van der Waals surface area contributed by atoms with Gasteiger partial charge in [-0.15, -0.1) is 12.4 Å². The Kier molecular flexibility index (Phi) is 7.48. The lowest BCUT2D eigenvalue weighted by atomic mass is 10.0. The number of benzene rings is 1. The normalized spacial score (nSPS) is 18.1. The quantitative estimate of drug-likeness (QED) is 0.782. The summed E-state index contributed by atoms with van der Waals surface area (Å²) in [6.45, 7) is 4.47. The first-order valence-corrected chi connectivity index (χ1v) is 7.21. The van der Waals surface area contributed by atoms with Crippen molar-refractivity contribution >= 4 is 35.0 Å². The molecule has 0 saturated carbocycles. The molecular weight excluding hydrogens is 363 g/mol. The first-order valence-electron chi connectivity index (χ1n) is 6.13. The van der Waals surface area contributed by atoms with Crippen LogP contribution in [0, 0.1) is 3.57 Å². The van der Waals surface area contributed by atoms with Crippen molar-refractivity contribution < 1.29 is 5.11 Å². The van der Waals surface area contributed by atoms with Crippen LogP contribution in [0.25, 0.3) is 0 Å². The Labute approximate surface area is 128 Å². The number of nitrogens with one attached hydrogen (secondary N) is 1. The van der Waals surface area contributed by atoms with Gasteiger partial charge in [0.1, 0.15) is 0 Å². The van der Waals surface area contributed by atoms with E-state index in [1.807, 2.05) is 0 Å². The van der Waals surface area contributed by atoms with Crippen LogP contribution in [0.3, 0.4) is 0 Å². The maximum atomic E-state index is 9.27. The second-order valence-electron chi connectivity index (χ2n) is 4.34. The SMILES string of the molecule is Cl.OCC[C@@H](c1ccccc1I)N1CCNCC1. The van der Waals surface area contributed by atoms with Crippen LogP contribution in [0.1, 0.15) is 18.0 Å². The Hall–Kier alpha value is 0.120. The van der Waals surface area contributed by atoms with Gasteiger partial charge in [0, 0.05) is 42.4 Å². The van der Waals surface area contributed by atoms with Crippen LogP contribution in [-0.4, -0.2) is 42.8 Å². The number of aliphatic hydroxyl groups excluding tert-OH is 1. The molecule has 0 bridgehead atoms. The molecule has 1 atom stereocenters. The molecule has 3 nitrogen and oxygen atoms in total. The van der Waals surface area contributed by atoms with Crippen molar-refractivity contribution in [2.45, 2.75) is 12.5 Å². The Morgan fingerprint density at radius 2 is 1.94 bits per heavy atom. The average Bonchev–Trinajstić information content (AvgIpc) is 2.38. The van der Waals surface area contributed by atoms with Gasteiger partial charge in [0.15, 0.2) is 0 Å². The number of rotatable bonds is 4. The molecule has 1 saturated heterocycles. The summed E-state index contributed by atoms with van der Waals surface area (Å²) < 4.78 is 1.29. The summed E-state index contributed by atoms with van der Waals surface area (Å²) in [5.41, 5.74) is 1.35. The first kappa shape index (κ1) is 16.2. The maximum Gasteiger partial charge on any atom is 0.0449 e. The predicted molar refractivity (Wildman–Crippen MR) is 85.3 cm³/mol. The third kappa shape index (κ3) is 4.06. The summed E-state index contributed by atoms with van der Waals surface area (Å²) >= 11 is 2.39. The molecule has 5 heteroatoms. The van der Waals surface area contributed by atoms with E-state index in [2.05, 4.69) is 57.1 Å². The molecule has 0 aromatic heterocycles. The van der Waals surface area contributed by atoms with Gasteiger partial charge in [0.2, 0.25) is 0 Å². The van der Waals surface area contributed by atoms with Crippen LogP contribution in [-0.2, 0) is 0 Å². The van der Waals surface area contributed by atoms with Crippen molar-refractivity contribution in [3.63, 3.8) is 0 Å². The van der Waals surface area contributed by atoms with Crippen LogP contribution < -0.4 is 5.32 Å². The lowest BCUT2D eigenvalue weighted by Crippen LogP contribution is -2.45. The molecule has 1 aliphatic heterocycles. The minimum atomic E-state index is 0. The molecule has 18 heavy (non-hydrogen) atoms. The average molecular weight is 383 g/mol. The molecule has 1 heterocycles. The number of nitrogens with zero attached hydrogens (tertiary/aromatic N) is 1. The highest BCUT2D eigenvalue weighted by atomic mass is 127. The van der Waals surface area contributed by atoms with E-state index in [9.17, 15) is 5.11 Å². The number of hydrogen-bond donors (Lipinski definition) is 2. The molecule has 2 rings (SSSR count). The van der Waals surface area contributed by atoms with E-state index in [1.165, 1.54) is 9.13 Å². The largest absolute Gasteiger partial charge is 0.396 e. The fourth-order valence-electron chi connectivity index (χ4n) is 2.40. The van der Waals surface area contributed by atoms with Crippen LogP contribution in [0.2, 0.25) is 0 Å². The molecule has 1 aliphatic rings. The van der Waals surface area contributed by atoms with E-state index in [0.29, 0.717) is 6.04 Å². The van der Waals surface area contributed by atoms with Gasteiger partial charge in [-0.3, -0.25) is 4.90 Å². The number of hydrogen-bond acceptors (Lipinski definition) is 3. The summed E-state index contributed by atoms with van der Waals surface area (Å²) in [6, 6.07) is 8.84. The highest BCUT2D eigenvalue weighted by molar-refractivity contribution is 14.1. The predicted octanol–water partition coefficient (Wildman–Crippen LogP) is 2.04. The van der Waals surface area contributed by atoms with Crippen molar-refractivity contribution in [3.8, 4) is 0 Å². The van der Waals surface area contributed by atoms with Crippen LogP contribution in [0.15, 0.2) is 24.3 Å². The maximum absolute atomic E-state index is 9.27. The monoisotopic (exact) mass is 382 g/mol. The van der Waals surface area contributed by atoms with Gasteiger partial charge in [-0.1, -0.05) is 18.2 Å². The van der Waals surface area contributed by atoms with Gasteiger partial charge in [0.05, 0.1) is 0 Å². The summed E-state index contributed by atoms with van der Waals surface area (Å²) in [6.07, 6.45) is 0.819. The fourth-order valence-corrected chi connectivity index (χ4v) is 3.14. The van der Waals surface area contributed by atoms with E-state index >= 15 is 0 Å². The summed E-state index contributed by atoms with van der Waals surface area (Å²) in [5, 5.41) is 12.6. The standard InChI is InChI=1S/C13H19IN2O.ClH/c14-12-4-2-1-3-11(12)13(5-10-17)16-8-6-15-7-9-16;/h1-4,13,15,17H,5-10H2;1H/t13-;/m0./s1. The molecule has 1 fully saturated rings. The minimum absolute atomic E-state index is 0. The van der Waals surface area contributed by atoms with Crippen LogP contribution in [0.5, 0.6) is 0 Å². The lowest BCUT2D eigenvalue weighted by Gasteiger charge is -2.35. The van der Waals surface area contributed by atoms with Gasteiger partial charge < -0.3 is 10.4 Å². The zero-order chi connectivity index (χ0) is 12.1. The molecule has 102 valence electrons. The van der Waals surface area contributed by atoms with E-state index in [0.717, 1.165) is 32.6 Å². The van der Waals surface area contributed by atoms with Crippen LogP contribution >= 0.6 is 35.0 Å². The Morgan fingerprint density at radius 1 is 1.28 bits per heavy atom. The highest BCUT2D eigenvalue weighted by Crippen LogP contribution is 2.28. The number of piperazine rings is 1. The molecule has 0 radical (unpaired) electrons. The van der Waals surface area contributed by atoms with Crippen molar-refractivity contribution in [1.29, 1.82) is 0 Å². The molecule has 0 spiro atoms. The summed E-state index contributed by atoms with van der Waals surface area (Å²) in [4.78, 5) is 2.48. The smallest absolute Gasteiger partial charge is 0.0449 e. The summed E-state index contributed by atoms with van der Waals surface area (Å²) in [7, 11) is 0. The number of aliphatic hydroxyl groups is 1. The van der Waals surface area contributed by atoms with Gasteiger partial charge in [-0.25, -0.2) is 0 Å². The zero-order valence-electron chi connectivity index (χ0n) is 10.3. The lowest BCUT2D eigenvalue weighted by molar-refractivity contribution is 0.140. The molecule has 1 aromatic rings. The fraction of sp³-hybridized carbons (Fsp3) is 0.538. The van der Waals surface area contributed by atoms with E-state index in [1.54, 1.807) is 0 Å². The topological polar surface area (TPSA) is 35.5 Å². The Morgan fingerprint density at radius 3 is 2.56 bits per heavy atom. The van der Waals surface area contributed by atoms with Gasteiger partial charge >= 0.3 is 0 Å². The van der Waals surface area contributed by atoms with E-state index in [-0.39, 0.29) is 19.0 Å². The van der Waals surface area contributed by atoms with Crippen molar-refractivity contribution in [3.05, 3.63) is 33.4 Å². The first-order chi connectivity index (χ1) is 8.33. The van der Waals surface area contributed by atoms with Crippen molar-refractivity contribution in [2.75, 3.05) is 32.8 Å². The molecule has 0 unspecified atom stereocenters. The molecular formula is C13H20ClIN2O. The minimum Gasteiger partial charge on any atom is -0.396 e. The molecule has 0 amide bonds. The third-order valence-electron chi connectivity index (χ3n) is 3.26. The Bertz CT molecular complexity index is 359. The van der Waals surface area contributed by atoms with Gasteiger partial charge in [-0.05, 0) is 40.6 Å². The second-order valence-corrected chi connectivity index (χ2v) is 5.50. The molecule has 0 aliphatic carbocycles. The van der Waals surface area contributed by atoms with Gasteiger partial charge in [-0.2, -0.15) is 0 Å². The van der Waals surface area contributed by atoms with E-state index in [4.69, 9.17) is 0 Å². The molecule has 2 N–H and O–H groups in total. The zero-order valence-corrected chi connectivity index (χ0v) is 13.3. The molecule has 1 aromatic carbocycles. The number of halogens is 2. The third-order valence-corrected chi connectivity index (χ3v) is 4.24. The van der Waals surface area contributed by atoms with Crippen molar-refractivity contribution in [1.82, 2.24) is 10.2 Å². The van der Waals surface area contributed by atoms with Crippen LogP contribution in [0.4, 0.5) is 0 Å².